The lowest BCUT2D eigenvalue weighted by molar-refractivity contribution is -0.127. The van der Waals surface area contributed by atoms with Crippen molar-refractivity contribution in [2.45, 2.75) is 52.1 Å². The smallest absolute Gasteiger partial charge is 0.354 e. The van der Waals surface area contributed by atoms with Crippen LogP contribution in [0.25, 0.3) is 27.7 Å². The van der Waals surface area contributed by atoms with Gasteiger partial charge in [0.1, 0.15) is 11.3 Å². The molecule has 0 aliphatic carbocycles. The van der Waals surface area contributed by atoms with Gasteiger partial charge in [-0.25, -0.2) is 13.6 Å². The Morgan fingerprint density at radius 3 is 2.57 bits per heavy atom. The molecule has 2 N–H and O–H groups in total. The number of carbonyl (C=O) groups is 1. The fraction of sp³-hybridized carbons (Fsp3) is 0.333. The van der Waals surface area contributed by atoms with Crippen LogP contribution in [0.5, 0.6) is 5.75 Å². The van der Waals surface area contributed by atoms with Crippen molar-refractivity contribution in [3.63, 3.8) is 0 Å². The predicted octanol–water partition coefficient (Wildman–Crippen LogP) is 7.07. The van der Waals surface area contributed by atoms with Gasteiger partial charge in [0.15, 0.2) is 17.4 Å². The molecule has 2 aliphatic rings. The van der Waals surface area contributed by atoms with E-state index in [0.29, 0.717) is 29.9 Å². The summed E-state index contributed by atoms with van der Waals surface area (Å²) in [5.74, 6) is -2.43. The van der Waals surface area contributed by atoms with E-state index < -0.39 is 33.5 Å². The van der Waals surface area contributed by atoms with Crippen LogP contribution in [0.2, 0.25) is 15.1 Å². The highest BCUT2D eigenvalue weighted by Gasteiger charge is 2.40. The summed E-state index contributed by atoms with van der Waals surface area (Å²) >= 11 is 19.4. The van der Waals surface area contributed by atoms with Crippen molar-refractivity contribution in [1.29, 1.82) is 0 Å². The number of carbonyl (C=O) groups excluding carboxylic acids is 1. The molecule has 2 aromatic heterocycles. The number of fused-ring (bicyclic) bond motifs is 2. The van der Waals surface area contributed by atoms with Gasteiger partial charge in [0.05, 0.1) is 50.2 Å². The van der Waals surface area contributed by atoms with E-state index in [9.17, 15) is 9.59 Å². The van der Waals surface area contributed by atoms with E-state index in [-0.39, 0.29) is 75.3 Å². The number of amides is 1. The standard InChI is InChI=1S/C33H31Cl3F2N6O3/c1-6-20(45)42-12-16(5)43-17(13-42)8-10-47-31-23-30(26(38)21(24(31)36)22-25(37)18(34)11-19(35)27(22)39)44(33(46)41-32(23)43)29-15(4)7-9-40-28(29)14(2)3/h6-7,9,11,14,16-17H,1,8,10,12-13,39H2,2-5H3. The zero-order valence-electron chi connectivity index (χ0n) is 26.0. The highest BCUT2D eigenvalue weighted by molar-refractivity contribution is 6.39. The van der Waals surface area contributed by atoms with Crippen LogP contribution in [0.4, 0.5) is 20.3 Å². The number of aryl methyl sites for hydroxylation is 1. The number of halogens is 5. The van der Waals surface area contributed by atoms with Crippen molar-refractivity contribution in [1.82, 2.24) is 19.4 Å². The van der Waals surface area contributed by atoms with Crippen LogP contribution >= 0.6 is 34.8 Å². The molecular weight excluding hydrogens is 673 g/mol. The van der Waals surface area contributed by atoms with Gasteiger partial charge in [0.25, 0.3) is 0 Å². The van der Waals surface area contributed by atoms with Crippen molar-refractivity contribution in [2.24, 2.45) is 0 Å². The third-order valence-electron chi connectivity index (χ3n) is 8.75. The highest BCUT2D eigenvalue weighted by atomic mass is 35.5. The number of hydrogen-bond acceptors (Lipinski definition) is 7. The Labute approximate surface area is 284 Å². The molecule has 47 heavy (non-hydrogen) atoms. The summed E-state index contributed by atoms with van der Waals surface area (Å²) < 4.78 is 40.8. The maximum absolute atomic E-state index is 17.6. The van der Waals surface area contributed by atoms with E-state index in [1.165, 1.54) is 6.08 Å². The Morgan fingerprint density at radius 1 is 1.17 bits per heavy atom. The lowest BCUT2D eigenvalue weighted by Crippen LogP contribution is -2.60. The van der Waals surface area contributed by atoms with Gasteiger partial charge < -0.3 is 20.3 Å². The van der Waals surface area contributed by atoms with Gasteiger partial charge in [-0.1, -0.05) is 55.2 Å². The third kappa shape index (κ3) is 5.19. The Hall–Kier alpha value is -3.93. The lowest BCUT2D eigenvalue weighted by atomic mass is 9.96. The Balaban J connectivity index is 1.81. The van der Waals surface area contributed by atoms with Crippen molar-refractivity contribution in [3.05, 3.63) is 79.4 Å². The van der Waals surface area contributed by atoms with Gasteiger partial charge in [-0.2, -0.15) is 4.98 Å². The SMILES string of the molecule is C=CC(=O)N1CC(C)N2c3nc(=O)n(-c4c(C)ccnc4C(C)C)c4c(F)c(-c5c(N)c(Cl)cc(Cl)c5F)c(Cl)c(c34)OCCC2C1. The van der Waals surface area contributed by atoms with Crippen LogP contribution in [-0.4, -0.2) is 57.1 Å². The Bertz CT molecular complexity index is 2030. The number of benzene rings is 2. The second kappa shape index (κ2) is 12.3. The molecule has 2 aliphatic heterocycles. The summed E-state index contributed by atoms with van der Waals surface area (Å²) in [7, 11) is 0. The van der Waals surface area contributed by atoms with E-state index >= 15 is 8.78 Å². The van der Waals surface area contributed by atoms with Gasteiger partial charge in [-0.05, 0) is 43.5 Å². The minimum atomic E-state index is -1.06. The zero-order valence-corrected chi connectivity index (χ0v) is 28.3. The summed E-state index contributed by atoms with van der Waals surface area (Å²) in [6.07, 6.45) is 3.24. The largest absolute Gasteiger partial charge is 0.491 e. The molecule has 14 heteroatoms. The molecule has 2 aromatic carbocycles. The third-order valence-corrected chi connectivity index (χ3v) is 9.69. The monoisotopic (exact) mass is 702 g/mol. The molecule has 2 unspecified atom stereocenters. The van der Waals surface area contributed by atoms with E-state index in [1.807, 2.05) is 25.7 Å². The van der Waals surface area contributed by atoms with Crippen molar-refractivity contribution in [2.75, 3.05) is 30.3 Å². The fourth-order valence-electron chi connectivity index (χ4n) is 6.65. The van der Waals surface area contributed by atoms with Gasteiger partial charge in [0.2, 0.25) is 5.91 Å². The molecule has 4 heterocycles. The Morgan fingerprint density at radius 2 is 1.89 bits per heavy atom. The number of nitrogens with zero attached hydrogens (tertiary/aromatic N) is 5. The number of nitrogens with two attached hydrogens (primary N) is 1. The average molecular weight is 704 g/mol. The molecule has 1 saturated heterocycles. The van der Waals surface area contributed by atoms with Crippen LogP contribution in [0.3, 0.4) is 0 Å². The molecule has 0 radical (unpaired) electrons. The summed E-state index contributed by atoms with van der Waals surface area (Å²) in [6, 6.07) is 2.10. The first-order chi connectivity index (χ1) is 22.3. The molecule has 6 rings (SSSR count). The molecule has 2 atom stereocenters. The number of ether oxygens (including phenoxy) is 1. The van der Waals surface area contributed by atoms with Gasteiger partial charge >= 0.3 is 5.69 Å². The quantitative estimate of drug-likeness (QED) is 0.138. The number of rotatable bonds is 4. The van der Waals surface area contributed by atoms with Crippen LogP contribution in [0.15, 0.2) is 35.8 Å². The molecular formula is C33H31Cl3F2N6O3. The zero-order chi connectivity index (χ0) is 34.1. The summed E-state index contributed by atoms with van der Waals surface area (Å²) in [6.45, 7) is 11.7. The van der Waals surface area contributed by atoms with E-state index in [1.54, 1.807) is 24.1 Å². The summed E-state index contributed by atoms with van der Waals surface area (Å²) in [5, 5.41) is -0.723. The Kier molecular flexibility index (Phi) is 8.61. The predicted molar refractivity (Wildman–Crippen MR) is 181 cm³/mol. The van der Waals surface area contributed by atoms with E-state index in [0.717, 1.165) is 10.6 Å². The minimum absolute atomic E-state index is 0.0212. The maximum Gasteiger partial charge on any atom is 0.354 e. The maximum atomic E-state index is 17.6. The molecule has 0 spiro atoms. The van der Waals surface area contributed by atoms with Crippen molar-refractivity contribution < 1.29 is 18.3 Å². The first kappa shape index (κ1) is 33.0. The normalized spacial score (nSPS) is 17.7. The van der Waals surface area contributed by atoms with Crippen LogP contribution in [-0.2, 0) is 4.79 Å². The molecule has 0 bridgehead atoms. The molecule has 4 aromatic rings. The first-order valence-corrected chi connectivity index (χ1v) is 16.1. The number of aromatic nitrogens is 3. The molecule has 9 nitrogen and oxygen atoms in total. The summed E-state index contributed by atoms with van der Waals surface area (Å²) in [4.78, 5) is 39.6. The molecule has 246 valence electrons. The lowest BCUT2D eigenvalue weighted by Gasteiger charge is -2.47. The minimum Gasteiger partial charge on any atom is -0.491 e. The molecule has 1 fully saturated rings. The van der Waals surface area contributed by atoms with Crippen molar-refractivity contribution >= 4 is 63.1 Å². The second-order valence-corrected chi connectivity index (χ2v) is 13.3. The fourth-order valence-corrected chi connectivity index (χ4v) is 7.44. The van der Waals surface area contributed by atoms with Gasteiger partial charge in [0, 0.05) is 42.9 Å². The van der Waals surface area contributed by atoms with Crippen LogP contribution in [0, 0.1) is 18.6 Å². The summed E-state index contributed by atoms with van der Waals surface area (Å²) in [5.41, 5.74) is 5.37. The number of pyridine rings is 1. The molecule has 1 amide bonds. The number of piperazine rings is 1. The number of anilines is 2. The first-order valence-electron chi connectivity index (χ1n) is 15.0. The van der Waals surface area contributed by atoms with E-state index in [4.69, 9.17) is 45.3 Å². The molecule has 0 saturated carbocycles. The van der Waals surface area contributed by atoms with Crippen molar-refractivity contribution in [3.8, 4) is 22.6 Å². The van der Waals surface area contributed by atoms with Gasteiger partial charge in [-0.3, -0.25) is 14.3 Å². The van der Waals surface area contributed by atoms with Crippen LogP contribution < -0.4 is 21.1 Å². The number of hydrogen-bond donors (Lipinski definition) is 1. The van der Waals surface area contributed by atoms with E-state index in [2.05, 4.69) is 16.5 Å². The highest BCUT2D eigenvalue weighted by Crippen LogP contribution is 2.51. The number of nitrogen functional groups attached to an aromatic ring is 1. The van der Waals surface area contributed by atoms with Crippen LogP contribution in [0.1, 0.15) is 44.4 Å². The average Bonchev–Trinajstić information content (AvgIpc) is 3.01. The topological polar surface area (TPSA) is 107 Å². The van der Waals surface area contributed by atoms with Gasteiger partial charge in [-0.15, -0.1) is 0 Å². The second-order valence-electron chi connectivity index (χ2n) is 12.1.